The second-order valence-electron chi connectivity index (χ2n) is 11.1. The molecule has 0 radical (unpaired) electrons. The van der Waals surface area contributed by atoms with Crippen LogP contribution < -0.4 is 0 Å². The zero-order valence-electron chi connectivity index (χ0n) is 22.3. The van der Waals surface area contributed by atoms with Crippen molar-refractivity contribution in [3.05, 3.63) is 11.4 Å². The van der Waals surface area contributed by atoms with Crippen LogP contribution in [0.3, 0.4) is 0 Å². The number of amides is 2. The Bertz CT molecular complexity index is 759. The minimum Gasteiger partial charge on any atom is -0.444 e. The summed E-state index contributed by atoms with van der Waals surface area (Å²) in [5.41, 5.74) is -1.87. The van der Waals surface area contributed by atoms with Crippen molar-refractivity contribution < 1.29 is 91.5 Å². The van der Waals surface area contributed by atoms with E-state index < -0.39 is 31.3 Å². The molecule has 2 amide bonds. The fourth-order valence-electron chi connectivity index (χ4n) is 3.13. The molecular formula is C22H39N3O6SiW3. The molecule has 0 bridgehead atoms. The van der Waals surface area contributed by atoms with Crippen molar-refractivity contribution in [1.29, 1.82) is 0 Å². The summed E-state index contributed by atoms with van der Waals surface area (Å²) in [5.74, 6) is 0.103. The van der Waals surface area contributed by atoms with E-state index in [1.807, 2.05) is 41.5 Å². The molecule has 0 aromatic carbocycles. The Kier molecular flexibility index (Phi) is 17.3. The molecular weight excluding hydrogens is 982 g/mol. The van der Waals surface area contributed by atoms with Gasteiger partial charge in [-0.3, -0.25) is 14.5 Å². The Balaban J connectivity index is -0.000000569. The van der Waals surface area contributed by atoms with Crippen molar-refractivity contribution >= 4 is 26.3 Å². The summed E-state index contributed by atoms with van der Waals surface area (Å²) in [6, 6.07) is 0. The molecule has 0 N–H and O–H groups in total. The third kappa shape index (κ3) is 15.7. The minimum atomic E-state index is -1.82. The van der Waals surface area contributed by atoms with Gasteiger partial charge in [-0.25, -0.2) is 16.2 Å². The third-order valence-electron chi connectivity index (χ3n) is 4.24. The van der Waals surface area contributed by atoms with E-state index in [1.54, 1.807) is 4.90 Å². The molecule has 2 saturated heterocycles. The van der Waals surface area contributed by atoms with Crippen molar-refractivity contribution in [2.45, 2.75) is 91.0 Å². The van der Waals surface area contributed by atoms with Crippen molar-refractivity contribution in [3.8, 4) is 0 Å². The smallest absolute Gasteiger partial charge is 0.410 e. The van der Waals surface area contributed by atoms with Gasteiger partial charge in [-0.05, 0) is 61.2 Å². The molecule has 0 spiro atoms. The predicted molar refractivity (Wildman–Crippen MR) is 124 cm³/mol. The van der Waals surface area contributed by atoms with Gasteiger partial charge < -0.3 is 18.8 Å². The molecule has 200 valence electrons. The van der Waals surface area contributed by atoms with E-state index in [0.717, 1.165) is 0 Å². The van der Waals surface area contributed by atoms with Crippen LogP contribution in [0.4, 0.5) is 9.59 Å². The standard InChI is InChI=1S/C13H24N2O3Si.C9H15NO3.3W/c1-12(2,3)17-11(16)15-9-8-13(10-15,14-4)18-19(5,6)7;1-9(2,3)13-8(12)10-5-4-7(11)6-10;;;/h8-10H2,1-3,5-7H3;4-6H2,1-3H3;;;. The number of Topliss-reactive ketones (excluding diaryl/α,β-unsaturated/α-hetero) is 1. The third-order valence-corrected chi connectivity index (χ3v) is 5.23. The Morgan fingerprint density at radius 3 is 1.71 bits per heavy atom. The molecule has 9 nitrogen and oxygen atoms in total. The van der Waals surface area contributed by atoms with Gasteiger partial charge in [-0.1, -0.05) is 0 Å². The number of nitrogens with zero attached hydrogens (tertiary/aromatic N) is 3. The quantitative estimate of drug-likeness (QED) is 0.304. The maximum Gasteiger partial charge on any atom is 0.410 e. The van der Waals surface area contributed by atoms with Gasteiger partial charge in [0.15, 0.2) is 14.1 Å². The van der Waals surface area contributed by atoms with E-state index >= 15 is 0 Å². The van der Waals surface area contributed by atoms with Crippen molar-refractivity contribution in [2.24, 2.45) is 0 Å². The summed E-state index contributed by atoms with van der Waals surface area (Å²) in [6.07, 6.45) is 0.259. The summed E-state index contributed by atoms with van der Waals surface area (Å²) < 4.78 is 16.4. The maximum absolute atomic E-state index is 12.0. The van der Waals surface area contributed by atoms with E-state index in [2.05, 4.69) is 24.5 Å². The number of carbonyl (C=O) groups is 3. The SMILES string of the molecule is CC(C)(C)OC(=O)N1CCC(=O)C1.[C-]#[N+]C1(O[Si](C)(C)C)CCN(C(=O)OC(C)(C)C)C1.[W].[W].[W]. The Labute approximate surface area is 254 Å². The van der Waals surface area contributed by atoms with Crippen LogP contribution in [0.1, 0.15) is 54.4 Å². The zero-order valence-corrected chi connectivity index (χ0v) is 32.1. The molecule has 2 aliphatic rings. The van der Waals surface area contributed by atoms with Gasteiger partial charge in [-0.2, -0.15) is 0 Å². The van der Waals surface area contributed by atoms with Gasteiger partial charge in [-0.15, -0.1) is 0 Å². The summed E-state index contributed by atoms with van der Waals surface area (Å²) in [7, 11) is -1.82. The van der Waals surface area contributed by atoms with Crippen LogP contribution in [0.5, 0.6) is 0 Å². The van der Waals surface area contributed by atoms with Crippen LogP contribution >= 0.6 is 0 Å². The van der Waals surface area contributed by atoms with Crippen LogP contribution in [0.15, 0.2) is 0 Å². The first-order valence-corrected chi connectivity index (χ1v) is 14.3. The number of carbonyl (C=O) groups excluding carboxylic acids is 3. The number of ketones is 1. The number of hydrogen-bond acceptors (Lipinski definition) is 6. The summed E-state index contributed by atoms with van der Waals surface area (Å²) in [4.78, 5) is 40.9. The van der Waals surface area contributed by atoms with E-state index in [0.29, 0.717) is 32.5 Å². The van der Waals surface area contributed by atoms with Crippen LogP contribution in [0.2, 0.25) is 19.6 Å². The van der Waals surface area contributed by atoms with Gasteiger partial charge >= 0.3 is 17.9 Å². The Hall–Kier alpha value is -0.0582. The first kappa shape index (κ1) is 39.5. The normalized spacial score (nSPS) is 19.7. The molecule has 0 saturated carbocycles. The van der Waals surface area contributed by atoms with Crippen molar-refractivity contribution in [1.82, 2.24) is 9.80 Å². The predicted octanol–water partition coefficient (Wildman–Crippen LogP) is 4.28. The second kappa shape index (κ2) is 15.4. The molecule has 2 rings (SSSR count). The summed E-state index contributed by atoms with van der Waals surface area (Å²) in [5, 5.41) is 0. The average molecular weight is 1020 g/mol. The first-order chi connectivity index (χ1) is 14.3. The molecule has 2 heterocycles. The summed E-state index contributed by atoms with van der Waals surface area (Å²) >= 11 is 0. The Morgan fingerprint density at radius 2 is 1.37 bits per heavy atom. The molecule has 1 unspecified atom stereocenters. The number of rotatable bonds is 2. The van der Waals surface area contributed by atoms with Gasteiger partial charge in [0.05, 0.1) is 13.0 Å². The van der Waals surface area contributed by atoms with E-state index in [9.17, 15) is 14.4 Å². The van der Waals surface area contributed by atoms with Gasteiger partial charge in [0.2, 0.25) is 0 Å². The molecule has 35 heavy (non-hydrogen) atoms. The fraction of sp³-hybridized carbons (Fsp3) is 0.818. The van der Waals surface area contributed by atoms with E-state index in [4.69, 9.17) is 20.5 Å². The van der Waals surface area contributed by atoms with Gasteiger partial charge in [0.25, 0.3) is 0 Å². The molecule has 0 aliphatic carbocycles. The molecule has 2 fully saturated rings. The molecule has 0 aromatic rings. The van der Waals surface area contributed by atoms with Crippen molar-refractivity contribution in [2.75, 3.05) is 26.2 Å². The first-order valence-electron chi connectivity index (χ1n) is 10.9. The van der Waals surface area contributed by atoms with Crippen LogP contribution in [0, 0.1) is 6.57 Å². The zero-order chi connectivity index (χ0) is 25.0. The molecule has 2 aliphatic heterocycles. The topological polar surface area (TPSA) is 89.7 Å². The molecule has 1 atom stereocenters. The largest absolute Gasteiger partial charge is 0.444 e. The minimum absolute atomic E-state index is 0. The average Bonchev–Trinajstić information content (AvgIpc) is 3.18. The second-order valence-corrected chi connectivity index (χ2v) is 15.5. The number of hydrogen-bond donors (Lipinski definition) is 0. The van der Waals surface area contributed by atoms with Crippen LogP contribution in [-0.2, 0) is 81.9 Å². The van der Waals surface area contributed by atoms with Crippen molar-refractivity contribution in [3.63, 3.8) is 0 Å². The van der Waals surface area contributed by atoms with Gasteiger partial charge in [0, 0.05) is 82.7 Å². The van der Waals surface area contributed by atoms with E-state index in [1.165, 1.54) is 4.90 Å². The molecule has 13 heteroatoms. The summed E-state index contributed by atoms with van der Waals surface area (Å²) in [6.45, 7) is 26.0. The van der Waals surface area contributed by atoms with E-state index in [-0.39, 0.29) is 81.6 Å². The monoisotopic (exact) mass is 1020 g/mol. The number of likely N-dealkylation sites (tertiary alicyclic amines) is 2. The fourth-order valence-corrected chi connectivity index (χ4v) is 4.48. The Morgan fingerprint density at radius 1 is 0.914 bits per heavy atom. The van der Waals surface area contributed by atoms with Crippen LogP contribution in [-0.4, -0.2) is 79.2 Å². The number of ether oxygens (including phenoxy) is 2. The maximum atomic E-state index is 12.0. The molecule has 0 aromatic heterocycles. The van der Waals surface area contributed by atoms with Gasteiger partial charge in [0.1, 0.15) is 17.7 Å². The van der Waals surface area contributed by atoms with Crippen LogP contribution in [0.25, 0.3) is 4.85 Å².